The topological polar surface area (TPSA) is 74.7 Å². The molecule has 1 heterocycles. The summed E-state index contributed by atoms with van der Waals surface area (Å²) < 4.78 is 0. The van der Waals surface area contributed by atoms with Crippen LogP contribution in [-0.4, -0.2) is 29.6 Å². The number of hydrogen-bond acceptors (Lipinski definition) is 4. The molecule has 0 aromatic carbocycles. The molecule has 0 aliphatic heterocycles. The minimum Gasteiger partial charge on any atom is -0.409 e. The van der Waals surface area contributed by atoms with Gasteiger partial charge in [0.05, 0.1) is 0 Å². The van der Waals surface area contributed by atoms with Crippen molar-refractivity contribution in [3.63, 3.8) is 0 Å². The van der Waals surface area contributed by atoms with E-state index in [9.17, 15) is 0 Å². The molecule has 1 rings (SSSR count). The van der Waals surface area contributed by atoms with Crippen molar-refractivity contribution in [2.24, 2.45) is 10.9 Å². The van der Waals surface area contributed by atoms with E-state index in [-0.39, 0.29) is 5.84 Å². The number of anilines is 1. The number of nitrogens with zero attached hydrogens (tertiary/aromatic N) is 3. The second-order valence-corrected chi connectivity index (χ2v) is 4.01. The van der Waals surface area contributed by atoms with Crippen molar-refractivity contribution in [3.8, 4) is 0 Å². The first-order chi connectivity index (χ1) is 8.19. The fourth-order valence-corrected chi connectivity index (χ4v) is 1.58. The zero-order valence-corrected chi connectivity index (χ0v) is 10.4. The predicted molar refractivity (Wildman–Crippen MR) is 69.5 cm³/mol. The van der Waals surface area contributed by atoms with Crippen LogP contribution in [-0.2, 0) is 0 Å². The van der Waals surface area contributed by atoms with Gasteiger partial charge in [-0.25, -0.2) is 0 Å². The molecule has 0 saturated carbocycles. The summed E-state index contributed by atoms with van der Waals surface area (Å²) in [5.74, 6) is 0.0359. The Hall–Kier alpha value is -1.78. The molecule has 3 N–H and O–H groups in total. The lowest BCUT2D eigenvalue weighted by molar-refractivity contribution is 0.318. The average Bonchev–Trinajstić information content (AvgIpc) is 2.38. The van der Waals surface area contributed by atoms with Crippen molar-refractivity contribution in [2.75, 3.05) is 18.5 Å². The second kappa shape index (κ2) is 6.73. The zero-order chi connectivity index (χ0) is 12.7. The first-order valence-electron chi connectivity index (χ1n) is 5.84. The highest BCUT2D eigenvalue weighted by atomic mass is 16.4. The summed E-state index contributed by atoms with van der Waals surface area (Å²) in [6, 6.07) is 3.74. The summed E-state index contributed by atoms with van der Waals surface area (Å²) >= 11 is 0. The van der Waals surface area contributed by atoms with Gasteiger partial charge in [-0.1, -0.05) is 24.9 Å². The molecule has 1 aromatic heterocycles. The zero-order valence-electron chi connectivity index (χ0n) is 10.4. The molecule has 17 heavy (non-hydrogen) atoms. The standard InChI is InChI=1S/C12H20N4O/c1-3-4-5-8-16(2)10-6-7-14-11(9-10)12(13)15-17/h6-7,9,17H,3-5,8H2,1-2H3,(H2,13,15). The Balaban J connectivity index is 2.70. The maximum Gasteiger partial charge on any atom is 0.188 e. The number of hydrogen-bond donors (Lipinski definition) is 2. The molecule has 1 aromatic rings. The van der Waals surface area contributed by atoms with Gasteiger partial charge in [-0.15, -0.1) is 0 Å². The highest BCUT2D eigenvalue weighted by Gasteiger charge is 2.05. The van der Waals surface area contributed by atoms with Crippen LogP contribution in [0.5, 0.6) is 0 Å². The molecule has 0 unspecified atom stereocenters. The largest absolute Gasteiger partial charge is 0.409 e. The van der Waals surface area contributed by atoms with E-state index in [4.69, 9.17) is 10.9 Å². The van der Waals surface area contributed by atoms with Crippen molar-refractivity contribution in [1.82, 2.24) is 4.98 Å². The first kappa shape index (κ1) is 13.3. The Kier molecular flexibility index (Phi) is 5.26. The van der Waals surface area contributed by atoms with Crippen molar-refractivity contribution < 1.29 is 5.21 Å². The Morgan fingerprint density at radius 2 is 2.29 bits per heavy atom. The van der Waals surface area contributed by atoms with E-state index in [0.29, 0.717) is 5.69 Å². The van der Waals surface area contributed by atoms with Crippen molar-refractivity contribution in [3.05, 3.63) is 24.0 Å². The van der Waals surface area contributed by atoms with Crippen LogP contribution in [0.3, 0.4) is 0 Å². The molecular weight excluding hydrogens is 216 g/mol. The van der Waals surface area contributed by atoms with Crippen LogP contribution in [0.1, 0.15) is 31.9 Å². The normalized spacial score (nSPS) is 11.5. The summed E-state index contributed by atoms with van der Waals surface area (Å²) in [6.07, 6.45) is 5.26. The second-order valence-electron chi connectivity index (χ2n) is 4.01. The van der Waals surface area contributed by atoms with Gasteiger partial charge in [0.1, 0.15) is 5.69 Å². The monoisotopic (exact) mass is 236 g/mol. The quantitative estimate of drug-likeness (QED) is 0.260. The van der Waals surface area contributed by atoms with E-state index in [2.05, 4.69) is 22.0 Å². The molecule has 0 aliphatic carbocycles. The fourth-order valence-electron chi connectivity index (χ4n) is 1.58. The number of nitrogens with two attached hydrogens (primary N) is 1. The summed E-state index contributed by atoms with van der Waals surface area (Å²) in [4.78, 5) is 6.19. The summed E-state index contributed by atoms with van der Waals surface area (Å²) in [5, 5.41) is 11.5. The van der Waals surface area contributed by atoms with Crippen LogP contribution in [0.15, 0.2) is 23.5 Å². The third kappa shape index (κ3) is 3.94. The first-order valence-corrected chi connectivity index (χ1v) is 5.84. The number of amidine groups is 1. The van der Waals surface area contributed by atoms with E-state index in [0.717, 1.165) is 18.7 Å². The molecule has 0 bridgehead atoms. The van der Waals surface area contributed by atoms with E-state index >= 15 is 0 Å². The van der Waals surface area contributed by atoms with Crippen LogP contribution >= 0.6 is 0 Å². The summed E-state index contributed by atoms with van der Waals surface area (Å²) in [7, 11) is 2.03. The lowest BCUT2D eigenvalue weighted by Crippen LogP contribution is -2.20. The minimum atomic E-state index is 0.0359. The molecule has 0 spiro atoms. The summed E-state index contributed by atoms with van der Waals surface area (Å²) in [5.41, 5.74) is 7.02. The van der Waals surface area contributed by atoms with E-state index < -0.39 is 0 Å². The molecular formula is C12H20N4O. The lowest BCUT2D eigenvalue weighted by atomic mass is 10.2. The van der Waals surface area contributed by atoms with Crippen molar-refractivity contribution in [1.29, 1.82) is 0 Å². The average molecular weight is 236 g/mol. The molecule has 0 fully saturated rings. The molecule has 0 aliphatic rings. The molecule has 0 radical (unpaired) electrons. The van der Waals surface area contributed by atoms with Crippen LogP contribution in [0, 0.1) is 0 Å². The van der Waals surface area contributed by atoms with Gasteiger partial charge < -0.3 is 15.8 Å². The maximum atomic E-state index is 8.60. The SMILES string of the molecule is CCCCCN(C)c1ccnc(C(N)=NO)c1. The van der Waals surface area contributed by atoms with Gasteiger partial charge in [0, 0.05) is 25.5 Å². The Labute approximate surface area is 102 Å². The van der Waals surface area contributed by atoms with Gasteiger partial charge in [-0.05, 0) is 18.6 Å². The number of oxime groups is 1. The van der Waals surface area contributed by atoms with Gasteiger partial charge in [0.15, 0.2) is 5.84 Å². The Bertz CT molecular complexity index is 379. The van der Waals surface area contributed by atoms with Crippen molar-refractivity contribution >= 4 is 11.5 Å². The number of pyridine rings is 1. The summed E-state index contributed by atoms with van der Waals surface area (Å²) in [6.45, 7) is 3.18. The van der Waals surface area contributed by atoms with E-state index in [1.165, 1.54) is 12.8 Å². The van der Waals surface area contributed by atoms with Crippen LogP contribution < -0.4 is 10.6 Å². The molecule has 94 valence electrons. The van der Waals surface area contributed by atoms with Crippen molar-refractivity contribution in [2.45, 2.75) is 26.2 Å². The molecule has 5 heteroatoms. The molecule has 0 atom stereocenters. The number of unbranched alkanes of at least 4 members (excludes halogenated alkanes) is 2. The third-order valence-corrected chi connectivity index (χ3v) is 2.65. The number of aromatic nitrogens is 1. The third-order valence-electron chi connectivity index (χ3n) is 2.65. The smallest absolute Gasteiger partial charge is 0.188 e. The predicted octanol–water partition coefficient (Wildman–Crippen LogP) is 1.80. The minimum absolute atomic E-state index is 0.0359. The van der Waals surface area contributed by atoms with Crippen LogP contribution in [0.25, 0.3) is 0 Å². The molecule has 0 saturated heterocycles. The van der Waals surface area contributed by atoms with E-state index in [1.54, 1.807) is 6.20 Å². The highest BCUT2D eigenvalue weighted by molar-refractivity contribution is 5.95. The fraction of sp³-hybridized carbons (Fsp3) is 0.500. The maximum absolute atomic E-state index is 8.60. The van der Waals surface area contributed by atoms with Gasteiger partial charge in [-0.2, -0.15) is 0 Å². The van der Waals surface area contributed by atoms with Crippen LogP contribution in [0.4, 0.5) is 5.69 Å². The van der Waals surface area contributed by atoms with Gasteiger partial charge >= 0.3 is 0 Å². The molecule has 5 nitrogen and oxygen atoms in total. The number of rotatable bonds is 6. The Morgan fingerprint density at radius 1 is 1.53 bits per heavy atom. The lowest BCUT2D eigenvalue weighted by Gasteiger charge is -2.19. The highest BCUT2D eigenvalue weighted by Crippen LogP contribution is 2.13. The van der Waals surface area contributed by atoms with Gasteiger partial charge in [0.2, 0.25) is 0 Å². The Morgan fingerprint density at radius 3 is 2.94 bits per heavy atom. The molecule has 0 amide bonds. The van der Waals surface area contributed by atoms with Gasteiger partial charge in [-0.3, -0.25) is 4.98 Å². The van der Waals surface area contributed by atoms with E-state index in [1.807, 2.05) is 19.2 Å². The van der Waals surface area contributed by atoms with Crippen LogP contribution in [0.2, 0.25) is 0 Å². The van der Waals surface area contributed by atoms with Gasteiger partial charge in [0.25, 0.3) is 0 Å².